The van der Waals surface area contributed by atoms with E-state index in [2.05, 4.69) is 5.92 Å². The quantitative estimate of drug-likeness (QED) is 0.647. The zero-order chi connectivity index (χ0) is 18.2. The number of hydrogen-bond acceptors (Lipinski definition) is 5. The largest absolute Gasteiger partial charge is 0.456 e. The summed E-state index contributed by atoms with van der Waals surface area (Å²) in [6.07, 6.45) is 1.79. The molecule has 0 aliphatic heterocycles. The van der Waals surface area contributed by atoms with Crippen LogP contribution in [-0.4, -0.2) is 35.4 Å². The van der Waals surface area contributed by atoms with Gasteiger partial charge in [0.05, 0.1) is 11.1 Å². The van der Waals surface area contributed by atoms with Gasteiger partial charge in [0, 0.05) is 0 Å². The van der Waals surface area contributed by atoms with Gasteiger partial charge in [-0.2, -0.15) is 0 Å². The molecule has 0 aromatic heterocycles. The lowest BCUT2D eigenvalue weighted by Crippen LogP contribution is -2.40. The van der Waals surface area contributed by atoms with Crippen molar-refractivity contribution >= 4 is 11.9 Å². The van der Waals surface area contributed by atoms with Gasteiger partial charge in [0.1, 0.15) is 12.2 Å². The number of hydrogen-bond donors (Lipinski definition) is 1. The first-order chi connectivity index (χ1) is 12.0. The lowest BCUT2D eigenvalue weighted by atomic mass is 10.1. The smallest absolute Gasteiger partial charge is 0.339 e. The van der Waals surface area contributed by atoms with Crippen LogP contribution in [0, 0.1) is 12.3 Å². The molecule has 5 nitrogen and oxygen atoms in total. The molecular formula is C20H18O5. The third-order valence-electron chi connectivity index (χ3n) is 3.50. The monoisotopic (exact) mass is 338 g/mol. The van der Waals surface area contributed by atoms with Gasteiger partial charge in [0.15, 0.2) is 6.10 Å². The SMILES string of the molecule is C#CC(OC(=O)c1ccccc1)C(O)C(C)OC(=O)c1ccccc1. The zero-order valence-corrected chi connectivity index (χ0v) is 13.7. The molecule has 0 radical (unpaired) electrons. The Bertz CT molecular complexity index is 749. The van der Waals surface area contributed by atoms with Crippen LogP contribution >= 0.6 is 0 Å². The molecule has 0 fully saturated rings. The minimum Gasteiger partial charge on any atom is -0.456 e. The maximum atomic E-state index is 12.0. The Kier molecular flexibility index (Phi) is 6.33. The van der Waals surface area contributed by atoms with Crippen molar-refractivity contribution in [3.63, 3.8) is 0 Å². The summed E-state index contributed by atoms with van der Waals surface area (Å²) in [4.78, 5) is 24.1. The summed E-state index contributed by atoms with van der Waals surface area (Å²) in [6.45, 7) is 1.48. The molecule has 25 heavy (non-hydrogen) atoms. The van der Waals surface area contributed by atoms with Crippen LogP contribution in [0.2, 0.25) is 0 Å². The van der Waals surface area contributed by atoms with Crippen molar-refractivity contribution in [3.05, 3.63) is 71.8 Å². The summed E-state index contributed by atoms with van der Waals surface area (Å²) in [5.41, 5.74) is 0.656. The molecule has 3 atom stereocenters. The van der Waals surface area contributed by atoms with Gasteiger partial charge in [-0.1, -0.05) is 42.3 Å². The Morgan fingerprint density at radius 3 is 1.80 bits per heavy atom. The fourth-order valence-electron chi connectivity index (χ4n) is 2.09. The van der Waals surface area contributed by atoms with Crippen molar-refractivity contribution in [2.24, 2.45) is 0 Å². The molecule has 0 saturated heterocycles. The highest BCUT2D eigenvalue weighted by molar-refractivity contribution is 5.90. The molecule has 2 aromatic rings. The number of benzene rings is 2. The summed E-state index contributed by atoms with van der Waals surface area (Å²) in [5, 5.41) is 10.3. The minimum absolute atomic E-state index is 0.309. The van der Waals surface area contributed by atoms with Crippen LogP contribution in [0.1, 0.15) is 27.6 Å². The highest BCUT2D eigenvalue weighted by Gasteiger charge is 2.29. The molecule has 0 amide bonds. The Labute approximate surface area is 146 Å². The van der Waals surface area contributed by atoms with Crippen LogP contribution in [0.5, 0.6) is 0 Å². The number of carbonyl (C=O) groups excluding carboxylic acids is 2. The van der Waals surface area contributed by atoms with Crippen LogP contribution in [0.25, 0.3) is 0 Å². The average molecular weight is 338 g/mol. The molecule has 2 rings (SSSR count). The Morgan fingerprint density at radius 2 is 1.36 bits per heavy atom. The zero-order valence-electron chi connectivity index (χ0n) is 13.7. The van der Waals surface area contributed by atoms with Gasteiger partial charge >= 0.3 is 11.9 Å². The first kappa shape index (κ1) is 18.2. The maximum absolute atomic E-state index is 12.0. The summed E-state index contributed by atoms with van der Waals surface area (Å²) >= 11 is 0. The second kappa shape index (κ2) is 8.67. The molecule has 0 saturated carbocycles. The second-order valence-corrected chi connectivity index (χ2v) is 5.33. The van der Waals surface area contributed by atoms with E-state index in [0.29, 0.717) is 11.1 Å². The highest BCUT2D eigenvalue weighted by Crippen LogP contribution is 2.13. The van der Waals surface area contributed by atoms with Crippen LogP contribution in [0.15, 0.2) is 60.7 Å². The van der Waals surface area contributed by atoms with Crippen molar-refractivity contribution in [1.29, 1.82) is 0 Å². The Hall–Kier alpha value is -3.10. The van der Waals surface area contributed by atoms with Crippen molar-refractivity contribution in [3.8, 4) is 12.3 Å². The van der Waals surface area contributed by atoms with E-state index >= 15 is 0 Å². The molecule has 0 spiro atoms. The van der Waals surface area contributed by atoms with Crippen molar-refractivity contribution in [2.75, 3.05) is 0 Å². The van der Waals surface area contributed by atoms with Gasteiger partial charge in [-0.3, -0.25) is 0 Å². The topological polar surface area (TPSA) is 72.8 Å². The summed E-state index contributed by atoms with van der Waals surface area (Å²) in [6, 6.07) is 16.6. The van der Waals surface area contributed by atoms with E-state index in [0.717, 1.165) is 0 Å². The van der Waals surface area contributed by atoms with Crippen LogP contribution in [0.3, 0.4) is 0 Å². The summed E-state index contributed by atoms with van der Waals surface area (Å²) in [5.74, 6) is 0.950. The highest BCUT2D eigenvalue weighted by atomic mass is 16.6. The molecule has 2 aromatic carbocycles. The lowest BCUT2D eigenvalue weighted by molar-refractivity contribution is -0.0551. The Balaban J connectivity index is 1.99. The fraction of sp³-hybridized carbons (Fsp3) is 0.200. The number of rotatable bonds is 6. The average Bonchev–Trinajstić information content (AvgIpc) is 2.66. The van der Waals surface area contributed by atoms with Crippen LogP contribution < -0.4 is 0 Å². The molecule has 0 bridgehead atoms. The molecule has 5 heteroatoms. The van der Waals surface area contributed by atoms with Crippen molar-refractivity contribution in [2.45, 2.75) is 25.2 Å². The van der Waals surface area contributed by atoms with E-state index in [1.54, 1.807) is 60.7 Å². The van der Waals surface area contributed by atoms with Gasteiger partial charge in [0.25, 0.3) is 0 Å². The first-order valence-corrected chi connectivity index (χ1v) is 7.69. The molecule has 0 aliphatic carbocycles. The third kappa shape index (κ3) is 4.93. The molecule has 0 aliphatic rings. The van der Waals surface area contributed by atoms with Crippen LogP contribution in [-0.2, 0) is 9.47 Å². The van der Waals surface area contributed by atoms with Gasteiger partial charge in [0.2, 0.25) is 0 Å². The fourth-order valence-corrected chi connectivity index (χ4v) is 2.09. The van der Waals surface area contributed by atoms with Crippen molar-refractivity contribution < 1.29 is 24.2 Å². The van der Waals surface area contributed by atoms with E-state index < -0.39 is 30.3 Å². The number of aliphatic hydroxyl groups excluding tert-OH is 1. The molecule has 0 heterocycles. The van der Waals surface area contributed by atoms with E-state index in [1.165, 1.54) is 6.92 Å². The normalized spacial score (nSPS) is 13.8. The number of carbonyl (C=O) groups is 2. The number of terminal acetylenes is 1. The number of ether oxygens (including phenoxy) is 2. The second-order valence-electron chi connectivity index (χ2n) is 5.33. The molecule has 1 N–H and O–H groups in total. The van der Waals surface area contributed by atoms with Crippen molar-refractivity contribution in [1.82, 2.24) is 0 Å². The molecule has 128 valence electrons. The predicted molar refractivity (Wildman–Crippen MR) is 91.8 cm³/mol. The molecular weight excluding hydrogens is 320 g/mol. The van der Waals surface area contributed by atoms with E-state index in [1.807, 2.05) is 0 Å². The predicted octanol–water partition coefficient (Wildman–Crippen LogP) is 2.45. The van der Waals surface area contributed by atoms with E-state index in [9.17, 15) is 14.7 Å². The van der Waals surface area contributed by atoms with Gasteiger partial charge in [-0.25, -0.2) is 9.59 Å². The number of aliphatic hydroxyl groups is 1. The van der Waals surface area contributed by atoms with E-state index in [-0.39, 0.29) is 0 Å². The maximum Gasteiger partial charge on any atom is 0.339 e. The number of esters is 2. The lowest BCUT2D eigenvalue weighted by Gasteiger charge is -2.24. The van der Waals surface area contributed by atoms with Crippen LogP contribution in [0.4, 0.5) is 0 Å². The summed E-state index contributed by atoms with van der Waals surface area (Å²) in [7, 11) is 0. The third-order valence-corrected chi connectivity index (χ3v) is 3.50. The van der Waals surface area contributed by atoms with Gasteiger partial charge < -0.3 is 14.6 Å². The summed E-state index contributed by atoms with van der Waals surface area (Å²) < 4.78 is 10.3. The minimum atomic E-state index is -1.36. The standard InChI is InChI=1S/C20H18O5/c1-3-17(25-20(23)16-12-8-5-9-13-16)18(21)14(2)24-19(22)15-10-6-4-7-11-15/h1,4-14,17-18,21H,2H3. The van der Waals surface area contributed by atoms with Gasteiger partial charge in [-0.05, 0) is 31.2 Å². The van der Waals surface area contributed by atoms with Gasteiger partial charge in [-0.15, -0.1) is 6.42 Å². The molecule has 3 unspecified atom stereocenters. The first-order valence-electron chi connectivity index (χ1n) is 7.69. The Morgan fingerprint density at radius 1 is 0.920 bits per heavy atom. The van der Waals surface area contributed by atoms with E-state index in [4.69, 9.17) is 15.9 Å².